The van der Waals surface area contributed by atoms with Crippen LogP contribution in [0.5, 0.6) is 0 Å². The van der Waals surface area contributed by atoms with Gasteiger partial charge < -0.3 is 10.6 Å². The van der Waals surface area contributed by atoms with Gasteiger partial charge in [0.25, 0.3) is 0 Å². The molecule has 0 bridgehead atoms. The Morgan fingerprint density at radius 3 is 3.24 bits per heavy atom. The van der Waals surface area contributed by atoms with E-state index in [1.165, 1.54) is 6.33 Å². The summed E-state index contributed by atoms with van der Waals surface area (Å²) in [5, 5.41) is 17.3. The molecule has 1 fully saturated rings. The van der Waals surface area contributed by atoms with Crippen LogP contribution in [-0.4, -0.2) is 50.2 Å². The molecule has 1 unspecified atom stereocenters. The lowest BCUT2D eigenvalue weighted by Gasteiger charge is -2.22. The maximum absolute atomic E-state index is 12.1. The highest BCUT2D eigenvalue weighted by molar-refractivity contribution is 7.99. The summed E-state index contributed by atoms with van der Waals surface area (Å²) in [6.45, 7) is 0.970. The number of hydrogen-bond donors (Lipinski definition) is 2. The normalized spacial score (nSPS) is 18.4. The largest absolute Gasteiger partial charge is 0.326 e. The number of amides is 1. The summed E-state index contributed by atoms with van der Waals surface area (Å²) in [7, 11) is 0. The minimum atomic E-state index is 0.0175. The Kier molecular flexibility index (Phi) is 4.46. The number of anilines is 1. The Hall–Kier alpha value is -1.93. The molecule has 2 aromatic rings. The maximum Gasteiger partial charge on any atom is 0.225 e. The fourth-order valence-corrected chi connectivity index (χ4v) is 3.14. The van der Waals surface area contributed by atoms with Gasteiger partial charge in [-0.25, -0.2) is 4.68 Å². The van der Waals surface area contributed by atoms with E-state index in [0.29, 0.717) is 6.42 Å². The standard InChI is InChI=1S/C13H16N6OS/c20-13(7-11-8-21-5-4-14-11)16-10-2-1-3-12(6-10)19-9-15-17-18-19/h1-3,6,9,11,14H,4-5,7-8H2,(H,16,20). The molecule has 1 atom stereocenters. The van der Waals surface area contributed by atoms with E-state index < -0.39 is 0 Å². The van der Waals surface area contributed by atoms with Crippen LogP contribution in [0.2, 0.25) is 0 Å². The molecule has 3 rings (SSSR count). The fraction of sp³-hybridized carbons (Fsp3) is 0.385. The molecular formula is C13H16N6OS. The molecule has 1 aromatic carbocycles. The number of thioether (sulfide) groups is 1. The lowest BCUT2D eigenvalue weighted by molar-refractivity contribution is -0.116. The number of hydrogen-bond acceptors (Lipinski definition) is 6. The second kappa shape index (κ2) is 6.68. The van der Waals surface area contributed by atoms with Gasteiger partial charge in [0.2, 0.25) is 5.91 Å². The number of aromatic nitrogens is 4. The predicted molar refractivity (Wildman–Crippen MR) is 81.5 cm³/mol. The van der Waals surface area contributed by atoms with Crippen LogP contribution in [0.15, 0.2) is 30.6 Å². The molecule has 0 saturated carbocycles. The van der Waals surface area contributed by atoms with Gasteiger partial charge >= 0.3 is 0 Å². The number of carbonyl (C=O) groups is 1. The quantitative estimate of drug-likeness (QED) is 0.865. The second-order valence-electron chi connectivity index (χ2n) is 4.78. The van der Waals surface area contributed by atoms with Crippen LogP contribution in [0, 0.1) is 0 Å². The first kappa shape index (κ1) is 14.0. The van der Waals surface area contributed by atoms with Crippen LogP contribution in [0.25, 0.3) is 5.69 Å². The van der Waals surface area contributed by atoms with Crippen LogP contribution >= 0.6 is 11.8 Å². The lowest BCUT2D eigenvalue weighted by Crippen LogP contribution is -2.39. The first-order valence-corrected chi connectivity index (χ1v) is 7.91. The van der Waals surface area contributed by atoms with Crippen LogP contribution in [0.1, 0.15) is 6.42 Å². The zero-order chi connectivity index (χ0) is 14.5. The summed E-state index contributed by atoms with van der Waals surface area (Å²) in [5.41, 5.74) is 1.56. The molecule has 1 aliphatic heterocycles. The van der Waals surface area contributed by atoms with E-state index in [0.717, 1.165) is 29.4 Å². The zero-order valence-electron chi connectivity index (χ0n) is 11.4. The highest BCUT2D eigenvalue weighted by atomic mass is 32.2. The van der Waals surface area contributed by atoms with Crippen molar-refractivity contribution in [2.24, 2.45) is 0 Å². The molecular weight excluding hydrogens is 288 g/mol. The van der Waals surface area contributed by atoms with Crippen molar-refractivity contribution in [3.8, 4) is 5.69 Å². The topological polar surface area (TPSA) is 84.7 Å². The SMILES string of the molecule is O=C(CC1CSCCN1)Nc1cccc(-n2cnnn2)c1. The smallest absolute Gasteiger partial charge is 0.225 e. The third-order valence-corrected chi connectivity index (χ3v) is 4.30. The molecule has 110 valence electrons. The molecule has 7 nitrogen and oxygen atoms in total. The van der Waals surface area contributed by atoms with Gasteiger partial charge in [0, 0.05) is 36.2 Å². The summed E-state index contributed by atoms with van der Waals surface area (Å²) in [6.07, 6.45) is 2.01. The van der Waals surface area contributed by atoms with Crippen LogP contribution < -0.4 is 10.6 Å². The van der Waals surface area contributed by atoms with E-state index in [1.807, 2.05) is 36.0 Å². The Morgan fingerprint density at radius 2 is 2.48 bits per heavy atom. The molecule has 1 aromatic heterocycles. The summed E-state index contributed by atoms with van der Waals surface area (Å²) in [6, 6.07) is 7.70. The van der Waals surface area contributed by atoms with Crippen molar-refractivity contribution in [3.63, 3.8) is 0 Å². The molecule has 0 aliphatic carbocycles. The van der Waals surface area contributed by atoms with E-state index >= 15 is 0 Å². The van der Waals surface area contributed by atoms with Crippen LogP contribution in [0.3, 0.4) is 0 Å². The van der Waals surface area contributed by atoms with Crippen molar-refractivity contribution in [3.05, 3.63) is 30.6 Å². The first-order valence-electron chi connectivity index (χ1n) is 6.76. The highest BCUT2D eigenvalue weighted by Gasteiger charge is 2.16. The Labute approximate surface area is 126 Å². The Morgan fingerprint density at radius 1 is 1.52 bits per heavy atom. The molecule has 1 amide bonds. The van der Waals surface area contributed by atoms with Crippen LogP contribution in [-0.2, 0) is 4.79 Å². The Bertz CT molecular complexity index is 596. The van der Waals surface area contributed by atoms with Gasteiger partial charge in [-0.3, -0.25) is 4.79 Å². The number of tetrazole rings is 1. The molecule has 1 aliphatic rings. The van der Waals surface area contributed by atoms with Crippen molar-refractivity contribution in [2.45, 2.75) is 12.5 Å². The molecule has 8 heteroatoms. The summed E-state index contributed by atoms with van der Waals surface area (Å²) >= 11 is 1.88. The maximum atomic E-state index is 12.1. The number of rotatable bonds is 4. The molecule has 2 N–H and O–H groups in total. The van der Waals surface area contributed by atoms with E-state index in [4.69, 9.17) is 0 Å². The van der Waals surface area contributed by atoms with Crippen molar-refractivity contribution in [1.82, 2.24) is 25.5 Å². The molecule has 0 spiro atoms. The van der Waals surface area contributed by atoms with Gasteiger partial charge in [-0.05, 0) is 28.6 Å². The van der Waals surface area contributed by atoms with Crippen molar-refractivity contribution < 1.29 is 4.79 Å². The summed E-state index contributed by atoms with van der Waals surface area (Å²) in [5.74, 6) is 2.12. The third kappa shape index (κ3) is 3.79. The zero-order valence-corrected chi connectivity index (χ0v) is 12.2. The summed E-state index contributed by atoms with van der Waals surface area (Å²) < 4.78 is 1.55. The predicted octanol–water partition coefficient (Wildman–Crippen LogP) is 0.696. The lowest BCUT2D eigenvalue weighted by atomic mass is 10.2. The second-order valence-corrected chi connectivity index (χ2v) is 5.93. The van der Waals surface area contributed by atoms with E-state index in [2.05, 4.69) is 26.2 Å². The van der Waals surface area contributed by atoms with Crippen molar-refractivity contribution >= 4 is 23.4 Å². The minimum Gasteiger partial charge on any atom is -0.326 e. The van der Waals surface area contributed by atoms with Crippen molar-refractivity contribution in [2.75, 3.05) is 23.4 Å². The van der Waals surface area contributed by atoms with E-state index in [9.17, 15) is 4.79 Å². The monoisotopic (exact) mass is 304 g/mol. The van der Waals surface area contributed by atoms with Crippen molar-refractivity contribution in [1.29, 1.82) is 0 Å². The Balaban J connectivity index is 1.62. The fourth-order valence-electron chi connectivity index (χ4n) is 2.19. The number of benzene rings is 1. The van der Waals surface area contributed by atoms with Crippen LogP contribution in [0.4, 0.5) is 5.69 Å². The third-order valence-electron chi connectivity index (χ3n) is 3.17. The van der Waals surface area contributed by atoms with Gasteiger partial charge in [-0.15, -0.1) is 5.10 Å². The molecule has 21 heavy (non-hydrogen) atoms. The van der Waals surface area contributed by atoms with E-state index in [-0.39, 0.29) is 11.9 Å². The average Bonchev–Trinajstić information content (AvgIpc) is 3.02. The average molecular weight is 304 g/mol. The molecule has 0 radical (unpaired) electrons. The van der Waals surface area contributed by atoms with Gasteiger partial charge in [-0.2, -0.15) is 11.8 Å². The van der Waals surface area contributed by atoms with Gasteiger partial charge in [0.1, 0.15) is 6.33 Å². The molecule has 1 saturated heterocycles. The number of carbonyl (C=O) groups excluding carboxylic acids is 1. The van der Waals surface area contributed by atoms with Gasteiger partial charge in [-0.1, -0.05) is 6.07 Å². The first-order chi connectivity index (χ1) is 10.3. The number of nitrogens with zero attached hydrogens (tertiary/aromatic N) is 4. The van der Waals surface area contributed by atoms with Gasteiger partial charge in [0.05, 0.1) is 5.69 Å². The minimum absolute atomic E-state index is 0.0175. The number of nitrogens with one attached hydrogen (secondary N) is 2. The summed E-state index contributed by atoms with van der Waals surface area (Å²) in [4.78, 5) is 12.1. The van der Waals surface area contributed by atoms with Gasteiger partial charge in [0.15, 0.2) is 0 Å². The highest BCUT2D eigenvalue weighted by Crippen LogP contribution is 2.15. The van der Waals surface area contributed by atoms with E-state index in [1.54, 1.807) is 4.68 Å². The molecule has 2 heterocycles.